The number of hydrogen-bond donors (Lipinski definition) is 3. The van der Waals surface area contributed by atoms with Gasteiger partial charge in [0.25, 0.3) is 0 Å². The van der Waals surface area contributed by atoms with E-state index in [0.29, 0.717) is 0 Å². The summed E-state index contributed by atoms with van der Waals surface area (Å²) >= 11 is -2.86. The number of hydrogen-bond acceptors (Lipinski definition) is 3. The highest BCUT2D eigenvalue weighted by molar-refractivity contribution is 7.73. The zero-order chi connectivity index (χ0) is 6.28. The lowest BCUT2D eigenvalue weighted by molar-refractivity contribution is 0.436. The fourth-order valence-corrected chi connectivity index (χ4v) is 0. The van der Waals surface area contributed by atoms with Crippen molar-refractivity contribution in [1.82, 2.24) is 0 Å². The Hall–Kier alpha value is -0.460. The van der Waals surface area contributed by atoms with E-state index < -0.39 is 11.4 Å². The molecule has 4 N–H and O–H groups in total. The minimum atomic E-state index is -2.86. The van der Waals surface area contributed by atoms with Gasteiger partial charge in [-0.2, -0.15) is 0 Å². The highest BCUT2D eigenvalue weighted by Gasteiger charge is 1.42. The van der Waals surface area contributed by atoms with Gasteiger partial charge >= 0.3 is 0 Å². The summed E-state index contributed by atoms with van der Waals surface area (Å²) in [7, 11) is 0. The molecular weight excluding hydrogens is 120 g/mol. The van der Waals surface area contributed by atoms with Crippen LogP contribution in [0.3, 0.4) is 0 Å². The lowest BCUT2D eigenvalue weighted by atomic mass is 11.4. The Labute approximate surface area is 43.2 Å². The molecule has 0 amide bonds. The van der Waals surface area contributed by atoms with Crippen molar-refractivity contribution >= 4 is 17.7 Å². The standard InChI is InChI=1S/CH4N2.H2O3S/c2-1-3;1-4(2)3/h1H,(H3,2,3);(H2,1,2,3)/p-1. The Bertz CT molecular complexity index is 60.0. The molecule has 7 heavy (non-hydrogen) atoms. The maximum atomic E-state index is 8.56. The largest absolute Gasteiger partial charge is 0.750 e. The molecule has 0 fully saturated rings. The quantitative estimate of drug-likeness (QED) is 0.216. The fraction of sp³-hybridized carbons (Fsp3) is 0. The summed E-state index contributed by atoms with van der Waals surface area (Å²) in [6.07, 6.45) is 0.750. The predicted octanol–water partition coefficient (Wildman–Crippen LogP) is -1.11. The summed E-state index contributed by atoms with van der Waals surface area (Å²) in [4.78, 5) is 0. The molecular formula is CH5N2O3S-. The Morgan fingerprint density at radius 2 is 2.00 bits per heavy atom. The zero-order valence-corrected chi connectivity index (χ0v) is 4.14. The molecule has 0 aliphatic heterocycles. The highest BCUT2D eigenvalue weighted by atomic mass is 32.2. The molecule has 1 atom stereocenters. The molecule has 0 saturated heterocycles. The van der Waals surface area contributed by atoms with Gasteiger partial charge in [0.1, 0.15) is 0 Å². The lowest BCUT2D eigenvalue weighted by Crippen LogP contribution is -1.81. The van der Waals surface area contributed by atoms with Crippen LogP contribution in [0.1, 0.15) is 0 Å². The molecule has 5 nitrogen and oxygen atoms in total. The van der Waals surface area contributed by atoms with E-state index in [1.807, 2.05) is 0 Å². The molecule has 0 aliphatic carbocycles. The van der Waals surface area contributed by atoms with Crippen molar-refractivity contribution in [1.29, 1.82) is 5.41 Å². The Kier molecular flexibility index (Phi) is 12.7. The maximum Gasteiger partial charge on any atom is 0.0814 e. The molecule has 0 bridgehead atoms. The van der Waals surface area contributed by atoms with Gasteiger partial charge in [0.15, 0.2) is 0 Å². The molecule has 1 unspecified atom stereocenters. The van der Waals surface area contributed by atoms with Gasteiger partial charge in [0.05, 0.1) is 17.7 Å². The molecule has 0 saturated carbocycles. The van der Waals surface area contributed by atoms with Crippen molar-refractivity contribution in [3.63, 3.8) is 0 Å². The van der Waals surface area contributed by atoms with Gasteiger partial charge in [-0.15, -0.1) is 0 Å². The number of nitrogens with one attached hydrogen (secondary N) is 1. The van der Waals surface area contributed by atoms with Crippen molar-refractivity contribution in [2.45, 2.75) is 0 Å². The second-order valence-electron chi connectivity index (χ2n) is 0.384. The van der Waals surface area contributed by atoms with Gasteiger partial charge in [-0.1, -0.05) is 0 Å². The van der Waals surface area contributed by atoms with Gasteiger partial charge < -0.3 is 14.8 Å². The van der Waals surface area contributed by atoms with Crippen molar-refractivity contribution in [2.75, 3.05) is 0 Å². The molecule has 0 aromatic carbocycles. The molecule has 0 spiro atoms. The summed E-state index contributed by atoms with van der Waals surface area (Å²) in [5.74, 6) is 0. The normalized spacial score (nSPS) is 10.6. The molecule has 44 valence electrons. The van der Waals surface area contributed by atoms with E-state index in [0.717, 1.165) is 6.34 Å². The zero-order valence-electron chi connectivity index (χ0n) is 3.33. The van der Waals surface area contributed by atoms with E-state index in [2.05, 4.69) is 5.73 Å². The van der Waals surface area contributed by atoms with Crippen molar-refractivity contribution in [3.8, 4) is 0 Å². The monoisotopic (exact) mass is 125 g/mol. The first-order chi connectivity index (χ1) is 3.15. The van der Waals surface area contributed by atoms with Crippen LogP contribution < -0.4 is 5.73 Å². The van der Waals surface area contributed by atoms with Crippen LogP contribution in [0.25, 0.3) is 0 Å². The SMILES string of the molecule is N=CN.O=S([O-])O. The number of rotatable bonds is 0. The van der Waals surface area contributed by atoms with Crippen LogP contribution in [-0.2, 0) is 11.4 Å². The molecule has 0 radical (unpaired) electrons. The molecule has 0 aliphatic rings. The van der Waals surface area contributed by atoms with Gasteiger partial charge in [0, 0.05) is 0 Å². The van der Waals surface area contributed by atoms with Crippen LogP contribution in [0.5, 0.6) is 0 Å². The fourth-order valence-electron chi connectivity index (χ4n) is 0. The first-order valence-corrected chi connectivity index (χ1v) is 2.17. The highest BCUT2D eigenvalue weighted by Crippen LogP contribution is 1.43. The van der Waals surface area contributed by atoms with Crippen LogP contribution in [0.2, 0.25) is 0 Å². The molecule has 0 heterocycles. The minimum absolute atomic E-state index is 0.750. The van der Waals surface area contributed by atoms with Gasteiger partial charge in [-0.25, -0.2) is 4.21 Å². The summed E-state index contributed by atoms with van der Waals surface area (Å²) in [6.45, 7) is 0. The third-order valence-corrected chi connectivity index (χ3v) is 0. The second-order valence-corrected chi connectivity index (χ2v) is 0.818. The van der Waals surface area contributed by atoms with E-state index in [1.165, 1.54) is 0 Å². The molecule has 0 aromatic heterocycles. The van der Waals surface area contributed by atoms with Crippen LogP contribution in [0.4, 0.5) is 0 Å². The summed E-state index contributed by atoms with van der Waals surface area (Å²) in [5, 5.41) is 5.86. The number of nitrogens with two attached hydrogens (primary N) is 1. The molecule has 6 heteroatoms. The van der Waals surface area contributed by atoms with Crippen molar-refractivity contribution in [2.24, 2.45) is 5.73 Å². The molecule has 0 rings (SSSR count). The Morgan fingerprint density at radius 1 is 2.00 bits per heavy atom. The lowest BCUT2D eigenvalue weighted by Gasteiger charge is -1.83. The average Bonchev–Trinajstić information content (AvgIpc) is 1.33. The van der Waals surface area contributed by atoms with E-state index in [-0.39, 0.29) is 0 Å². The van der Waals surface area contributed by atoms with E-state index >= 15 is 0 Å². The van der Waals surface area contributed by atoms with Crippen molar-refractivity contribution in [3.05, 3.63) is 0 Å². The first-order valence-electron chi connectivity index (χ1n) is 1.14. The van der Waals surface area contributed by atoms with Crippen molar-refractivity contribution < 1.29 is 13.3 Å². The van der Waals surface area contributed by atoms with Gasteiger partial charge in [-0.05, 0) is 0 Å². The Balaban J connectivity index is 0. The minimum Gasteiger partial charge on any atom is -0.750 e. The van der Waals surface area contributed by atoms with E-state index in [4.69, 9.17) is 18.7 Å². The van der Waals surface area contributed by atoms with Gasteiger partial charge in [0.2, 0.25) is 0 Å². The average molecular weight is 125 g/mol. The Morgan fingerprint density at radius 3 is 2.00 bits per heavy atom. The topological polar surface area (TPSA) is 110 Å². The maximum absolute atomic E-state index is 8.56. The predicted molar refractivity (Wildman–Crippen MR) is 24.5 cm³/mol. The van der Waals surface area contributed by atoms with Crippen LogP contribution in [0, 0.1) is 5.41 Å². The van der Waals surface area contributed by atoms with Crippen LogP contribution in [-0.4, -0.2) is 19.7 Å². The molecule has 0 aromatic rings. The van der Waals surface area contributed by atoms with E-state index in [9.17, 15) is 0 Å². The summed E-state index contributed by atoms with van der Waals surface area (Å²) in [6, 6.07) is 0. The first kappa shape index (κ1) is 9.74. The second kappa shape index (κ2) is 9.11. The summed E-state index contributed by atoms with van der Waals surface area (Å²) in [5.41, 5.74) is 4.39. The van der Waals surface area contributed by atoms with Crippen LogP contribution in [0.15, 0.2) is 0 Å². The third kappa shape index (κ3) is 328. The smallest absolute Gasteiger partial charge is 0.0814 e. The van der Waals surface area contributed by atoms with Gasteiger partial charge in [-0.3, -0.25) is 5.41 Å². The summed E-state index contributed by atoms with van der Waals surface area (Å²) < 4.78 is 24.1. The third-order valence-electron chi connectivity index (χ3n) is 0. The van der Waals surface area contributed by atoms with E-state index in [1.54, 1.807) is 0 Å². The van der Waals surface area contributed by atoms with Crippen LogP contribution >= 0.6 is 0 Å².